The van der Waals surface area contributed by atoms with Crippen LogP contribution in [0.3, 0.4) is 0 Å². The van der Waals surface area contributed by atoms with Gasteiger partial charge < -0.3 is 9.42 Å². The second kappa shape index (κ2) is 5.09. The molecule has 1 aromatic heterocycles. The van der Waals surface area contributed by atoms with Gasteiger partial charge in [-0.3, -0.25) is 9.52 Å². The number of fused-ring (bicyclic) bond motifs is 1. The zero-order chi connectivity index (χ0) is 16.8. The number of hydrogen-bond acceptors (Lipinski definition) is 5. The highest BCUT2D eigenvalue weighted by atomic mass is 32.2. The van der Waals surface area contributed by atoms with Crippen LogP contribution in [0.2, 0.25) is 0 Å². The van der Waals surface area contributed by atoms with Crippen LogP contribution in [0.5, 0.6) is 0 Å². The molecule has 1 aliphatic heterocycles. The van der Waals surface area contributed by atoms with Crippen molar-refractivity contribution >= 4 is 27.4 Å². The first kappa shape index (κ1) is 15.5. The van der Waals surface area contributed by atoms with Crippen molar-refractivity contribution in [3.05, 3.63) is 36.1 Å². The average Bonchev–Trinajstić information content (AvgIpc) is 2.96. The van der Waals surface area contributed by atoms with Crippen molar-refractivity contribution in [3.63, 3.8) is 0 Å². The third-order valence-electron chi connectivity index (χ3n) is 4.01. The Morgan fingerprint density at radius 2 is 2.04 bits per heavy atom. The van der Waals surface area contributed by atoms with Gasteiger partial charge in [0.15, 0.2) is 5.82 Å². The average molecular weight is 335 g/mol. The Labute approximate surface area is 134 Å². The molecule has 0 saturated carbocycles. The lowest BCUT2D eigenvalue weighted by Crippen LogP contribution is -2.39. The van der Waals surface area contributed by atoms with Crippen molar-refractivity contribution in [1.29, 1.82) is 0 Å². The topological polar surface area (TPSA) is 92.5 Å². The van der Waals surface area contributed by atoms with Crippen LogP contribution in [0.4, 0.5) is 11.5 Å². The molecule has 2 aromatic rings. The Hall–Kier alpha value is -2.35. The van der Waals surface area contributed by atoms with Gasteiger partial charge in [-0.1, -0.05) is 19.0 Å². The van der Waals surface area contributed by atoms with E-state index in [9.17, 15) is 13.2 Å². The van der Waals surface area contributed by atoms with E-state index in [4.69, 9.17) is 0 Å². The third kappa shape index (κ3) is 2.70. The molecular weight excluding hydrogens is 318 g/mol. The van der Waals surface area contributed by atoms with Gasteiger partial charge in [0.05, 0.1) is 4.90 Å². The van der Waals surface area contributed by atoms with Crippen LogP contribution < -0.4 is 9.62 Å². The van der Waals surface area contributed by atoms with Crippen LogP contribution in [0.1, 0.15) is 25.8 Å². The molecule has 1 aliphatic rings. The first-order chi connectivity index (χ1) is 10.7. The minimum atomic E-state index is -3.77. The van der Waals surface area contributed by atoms with Gasteiger partial charge >= 0.3 is 0 Å². The Morgan fingerprint density at radius 3 is 2.70 bits per heavy atom. The Morgan fingerprint density at radius 1 is 1.30 bits per heavy atom. The summed E-state index contributed by atoms with van der Waals surface area (Å²) in [6, 6.07) is 6.17. The van der Waals surface area contributed by atoms with Gasteiger partial charge in [-0.15, -0.1) is 0 Å². The molecule has 0 radical (unpaired) electrons. The van der Waals surface area contributed by atoms with Gasteiger partial charge in [0.1, 0.15) is 6.26 Å². The lowest BCUT2D eigenvalue weighted by Gasteiger charge is -2.37. The predicted octanol–water partition coefficient (Wildman–Crippen LogP) is 2.12. The smallest absolute Gasteiger partial charge is 0.263 e. The van der Waals surface area contributed by atoms with E-state index in [2.05, 4.69) is 14.4 Å². The number of rotatable bonds is 3. The van der Waals surface area contributed by atoms with Crippen LogP contribution in [0, 0.1) is 0 Å². The number of sulfonamides is 1. The van der Waals surface area contributed by atoms with E-state index in [-0.39, 0.29) is 16.6 Å². The maximum absolute atomic E-state index is 12.5. The number of aromatic nitrogens is 1. The summed E-state index contributed by atoms with van der Waals surface area (Å²) in [7, 11) is -2.08. The summed E-state index contributed by atoms with van der Waals surface area (Å²) in [5, 5.41) is 3.55. The monoisotopic (exact) mass is 335 g/mol. The highest BCUT2D eigenvalue weighted by molar-refractivity contribution is 7.92. The highest BCUT2D eigenvalue weighted by Gasteiger charge is 2.36. The van der Waals surface area contributed by atoms with Gasteiger partial charge in [-0.25, -0.2) is 8.42 Å². The summed E-state index contributed by atoms with van der Waals surface area (Å²) in [4.78, 5) is 13.7. The van der Waals surface area contributed by atoms with E-state index in [0.29, 0.717) is 6.42 Å². The summed E-state index contributed by atoms with van der Waals surface area (Å²) >= 11 is 0. The van der Waals surface area contributed by atoms with Crippen LogP contribution in [-0.4, -0.2) is 26.5 Å². The first-order valence-electron chi connectivity index (χ1n) is 7.05. The van der Waals surface area contributed by atoms with Crippen LogP contribution in [0.25, 0.3) is 0 Å². The van der Waals surface area contributed by atoms with Crippen molar-refractivity contribution in [2.75, 3.05) is 16.7 Å². The predicted molar refractivity (Wildman–Crippen MR) is 84.8 cm³/mol. The molecule has 0 saturated heterocycles. The third-order valence-corrected chi connectivity index (χ3v) is 5.37. The molecule has 1 amide bonds. The van der Waals surface area contributed by atoms with Crippen LogP contribution in [0.15, 0.2) is 39.9 Å². The minimum absolute atomic E-state index is 0.0128. The number of anilines is 2. The molecule has 1 N–H and O–H groups in total. The second-order valence-corrected chi connectivity index (χ2v) is 7.86. The molecule has 0 bridgehead atoms. The number of benzene rings is 1. The normalized spacial score (nSPS) is 17.0. The zero-order valence-electron chi connectivity index (χ0n) is 13.0. The Bertz CT molecular complexity index is 857. The van der Waals surface area contributed by atoms with E-state index in [1.54, 1.807) is 24.1 Å². The summed E-state index contributed by atoms with van der Waals surface area (Å²) in [6.45, 7) is 3.86. The second-order valence-electron chi connectivity index (χ2n) is 6.18. The van der Waals surface area contributed by atoms with Crippen molar-refractivity contribution in [1.82, 2.24) is 5.16 Å². The number of nitrogens with zero attached hydrogens (tertiary/aromatic N) is 2. The highest BCUT2D eigenvalue weighted by Crippen LogP contribution is 2.40. The van der Waals surface area contributed by atoms with Gasteiger partial charge in [0, 0.05) is 30.6 Å². The molecule has 7 nitrogen and oxygen atoms in total. The lowest BCUT2D eigenvalue weighted by atomic mass is 9.77. The van der Waals surface area contributed by atoms with E-state index in [0.717, 1.165) is 11.3 Å². The van der Waals surface area contributed by atoms with E-state index in [1.807, 2.05) is 13.8 Å². The summed E-state index contributed by atoms with van der Waals surface area (Å²) in [5.74, 6) is 0.133. The number of carbonyl (C=O) groups excluding carboxylic acids is 1. The van der Waals surface area contributed by atoms with Crippen molar-refractivity contribution < 1.29 is 17.7 Å². The molecule has 0 unspecified atom stereocenters. The Kier molecular flexibility index (Phi) is 3.44. The molecular formula is C15H17N3O4S. The van der Waals surface area contributed by atoms with Gasteiger partial charge in [0.25, 0.3) is 10.0 Å². The van der Waals surface area contributed by atoms with Gasteiger partial charge in [-0.05, 0) is 23.8 Å². The fourth-order valence-electron chi connectivity index (χ4n) is 2.70. The first-order valence-corrected chi connectivity index (χ1v) is 8.53. The quantitative estimate of drug-likeness (QED) is 0.927. The molecule has 2 heterocycles. The molecule has 0 spiro atoms. The van der Waals surface area contributed by atoms with Crippen LogP contribution in [-0.2, 0) is 20.2 Å². The fraction of sp³-hybridized carbons (Fsp3) is 0.333. The molecule has 122 valence electrons. The molecule has 8 heteroatoms. The summed E-state index contributed by atoms with van der Waals surface area (Å²) in [5.41, 5.74) is 1.12. The van der Waals surface area contributed by atoms with E-state index >= 15 is 0 Å². The molecule has 3 rings (SSSR count). The van der Waals surface area contributed by atoms with Crippen molar-refractivity contribution in [2.45, 2.75) is 30.6 Å². The van der Waals surface area contributed by atoms with Crippen molar-refractivity contribution in [2.24, 2.45) is 0 Å². The molecule has 0 aliphatic carbocycles. The summed E-state index contributed by atoms with van der Waals surface area (Å²) in [6.07, 6.45) is 1.62. The number of amides is 1. The SMILES string of the molecule is CN1C(=O)CC(C)(C)c2cc(S(=O)(=O)Nc3ccon3)ccc21. The summed E-state index contributed by atoms with van der Waals surface area (Å²) < 4.78 is 31.9. The van der Waals surface area contributed by atoms with Gasteiger partial charge in [-0.2, -0.15) is 0 Å². The van der Waals surface area contributed by atoms with Crippen LogP contribution >= 0.6 is 0 Å². The largest absolute Gasteiger partial charge is 0.363 e. The zero-order valence-corrected chi connectivity index (χ0v) is 13.8. The van der Waals surface area contributed by atoms with E-state index in [1.165, 1.54) is 18.4 Å². The Balaban J connectivity index is 2.05. The molecule has 1 aromatic carbocycles. The number of carbonyl (C=O) groups is 1. The molecule has 0 fully saturated rings. The molecule has 0 atom stereocenters. The minimum Gasteiger partial charge on any atom is -0.363 e. The number of hydrogen-bond donors (Lipinski definition) is 1. The number of nitrogens with one attached hydrogen (secondary N) is 1. The maximum Gasteiger partial charge on any atom is 0.263 e. The maximum atomic E-state index is 12.5. The molecule has 23 heavy (non-hydrogen) atoms. The fourth-order valence-corrected chi connectivity index (χ4v) is 3.72. The van der Waals surface area contributed by atoms with Crippen molar-refractivity contribution in [3.8, 4) is 0 Å². The van der Waals surface area contributed by atoms with E-state index < -0.39 is 15.4 Å². The van der Waals surface area contributed by atoms with Gasteiger partial charge in [0.2, 0.25) is 5.91 Å². The lowest BCUT2D eigenvalue weighted by molar-refractivity contribution is -0.119. The standard InChI is InChI=1S/C15H17N3O4S/c1-15(2)9-14(19)18(3)12-5-4-10(8-11(12)15)23(20,21)17-13-6-7-22-16-13/h4-8H,9H2,1-3H3,(H,16,17).